The number of fused-ring (bicyclic) bond motifs is 3. The molecule has 1 amide bonds. The van der Waals surface area contributed by atoms with Crippen LogP contribution in [0.5, 0.6) is 0 Å². The Balaban J connectivity index is 1.66. The molecule has 3 aromatic heterocycles. The lowest BCUT2D eigenvalue weighted by atomic mass is 10.2. The topological polar surface area (TPSA) is 86.4 Å². The Morgan fingerprint density at radius 2 is 2.09 bits per heavy atom. The third-order valence-corrected chi connectivity index (χ3v) is 7.34. The molecule has 0 bridgehead atoms. The largest absolute Gasteiger partial charge is 0.376 e. The van der Waals surface area contributed by atoms with Crippen molar-refractivity contribution in [1.82, 2.24) is 14.1 Å². The maximum Gasteiger partial charge on any atom is 0.332 e. The summed E-state index contributed by atoms with van der Waals surface area (Å²) in [7, 11) is 0. The maximum absolute atomic E-state index is 13.7. The second-order valence-electron chi connectivity index (χ2n) is 8.53. The first-order valence-electron chi connectivity index (χ1n) is 11.5. The van der Waals surface area contributed by atoms with Crippen molar-refractivity contribution >= 4 is 43.4 Å². The number of carbonyl (C=O) groups excluding carboxylic acids is 1. The fourth-order valence-corrected chi connectivity index (χ4v) is 5.70. The van der Waals surface area contributed by atoms with Crippen molar-refractivity contribution < 1.29 is 9.53 Å². The van der Waals surface area contributed by atoms with Gasteiger partial charge in [-0.2, -0.15) is 0 Å². The van der Waals surface area contributed by atoms with Crippen LogP contribution in [0.1, 0.15) is 25.3 Å². The quantitative estimate of drug-likeness (QED) is 0.424. The Morgan fingerprint density at radius 1 is 1.24 bits per heavy atom. The van der Waals surface area contributed by atoms with E-state index in [0.29, 0.717) is 33.6 Å². The van der Waals surface area contributed by atoms with Crippen molar-refractivity contribution in [3.05, 3.63) is 69.0 Å². The van der Waals surface area contributed by atoms with E-state index in [-0.39, 0.29) is 30.7 Å². The average molecular weight is 479 g/mol. The van der Waals surface area contributed by atoms with E-state index in [9.17, 15) is 14.4 Å². The Labute approximate surface area is 200 Å². The molecular weight excluding hydrogens is 452 g/mol. The van der Waals surface area contributed by atoms with Crippen LogP contribution < -0.4 is 16.1 Å². The summed E-state index contributed by atoms with van der Waals surface area (Å²) in [6, 6.07) is 11.3. The van der Waals surface area contributed by atoms with Crippen LogP contribution in [0.25, 0.3) is 20.4 Å². The summed E-state index contributed by atoms with van der Waals surface area (Å²) >= 11 is 1.25. The molecule has 8 nitrogen and oxygen atoms in total. The van der Waals surface area contributed by atoms with Gasteiger partial charge >= 0.3 is 5.69 Å². The molecule has 0 N–H and O–H groups in total. The number of likely N-dealkylation sites (N-methyl/N-ethyl adjacent to an activating group) is 1. The van der Waals surface area contributed by atoms with Gasteiger partial charge in [-0.25, -0.2) is 9.78 Å². The molecule has 1 atom stereocenters. The van der Waals surface area contributed by atoms with Gasteiger partial charge in [-0.3, -0.25) is 18.7 Å². The molecule has 5 rings (SSSR count). The number of pyridine rings is 1. The highest BCUT2D eigenvalue weighted by Crippen LogP contribution is 2.29. The number of carbonyl (C=O) groups is 1. The van der Waals surface area contributed by atoms with E-state index in [0.717, 1.165) is 24.1 Å². The summed E-state index contributed by atoms with van der Waals surface area (Å²) in [6.45, 7) is 4.97. The Morgan fingerprint density at radius 3 is 2.82 bits per heavy atom. The summed E-state index contributed by atoms with van der Waals surface area (Å²) < 4.78 is 8.78. The number of aryl methyl sites for hydroxylation is 1. The minimum Gasteiger partial charge on any atom is -0.376 e. The molecule has 4 heterocycles. The molecule has 0 saturated carbocycles. The van der Waals surface area contributed by atoms with E-state index in [1.807, 2.05) is 44.2 Å². The highest BCUT2D eigenvalue weighted by Gasteiger charge is 2.25. The molecule has 1 aliphatic rings. The molecule has 4 aromatic rings. The molecule has 9 heteroatoms. The van der Waals surface area contributed by atoms with Gasteiger partial charge < -0.3 is 9.64 Å². The standard InChI is InChI=1S/C25H26N4O4S/c1-3-27(17-8-4-7-16(2)13-17)20(30)15-28-21-19-10-5-11-26-23(19)34-22(21)24(31)29(25(28)32)14-18-9-6-12-33-18/h4-5,7-8,10-11,13,18H,3,6,9,12,14-15H2,1-2H3/t18-/m0/s1. The van der Waals surface area contributed by atoms with Gasteiger partial charge in [0, 0.05) is 30.4 Å². The highest BCUT2D eigenvalue weighted by atomic mass is 32.1. The zero-order chi connectivity index (χ0) is 23.8. The Kier molecular flexibility index (Phi) is 6.05. The van der Waals surface area contributed by atoms with Crippen LogP contribution >= 0.6 is 11.3 Å². The number of thiophene rings is 1. The van der Waals surface area contributed by atoms with Crippen molar-refractivity contribution in [2.75, 3.05) is 18.1 Å². The predicted molar refractivity (Wildman–Crippen MR) is 134 cm³/mol. The molecule has 0 spiro atoms. The predicted octanol–water partition coefficient (Wildman–Crippen LogP) is 3.31. The lowest BCUT2D eigenvalue weighted by Gasteiger charge is -2.23. The van der Waals surface area contributed by atoms with Crippen molar-refractivity contribution in [3.63, 3.8) is 0 Å². The van der Waals surface area contributed by atoms with Crippen molar-refractivity contribution in [1.29, 1.82) is 0 Å². The summed E-state index contributed by atoms with van der Waals surface area (Å²) in [6.07, 6.45) is 3.18. The molecule has 0 radical (unpaired) electrons. The molecule has 0 aliphatic carbocycles. The fraction of sp³-hybridized carbons (Fsp3) is 0.360. The number of rotatable bonds is 6. The third-order valence-electron chi connectivity index (χ3n) is 6.25. The molecular formula is C25H26N4O4S. The van der Waals surface area contributed by atoms with E-state index in [4.69, 9.17) is 4.74 Å². The zero-order valence-corrected chi connectivity index (χ0v) is 20.0. The third kappa shape index (κ3) is 3.95. The number of anilines is 1. The lowest BCUT2D eigenvalue weighted by Crippen LogP contribution is -2.44. The number of benzene rings is 1. The monoisotopic (exact) mass is 478 g/mol. The zero-order valence-electron chi connectivity index (χ0n) is 19.2. The van der Waals surface area contributed by atoms with Gasteiger partial charge in [0.25, 0.3) is 5.56 Å². The second-order valence-corrected chi connectivity index (χ2v) is 9.53. The molecule has 1 fully saturated rings. The number of hydrogen-bond acceptors (Lipinski definition) is 6. The van der Waals surface area contributed by atoms with Crippen LogP contribution in [-0.4, -0.2) is 39.3 Å². The van der Waals surface area contributed by atoms with Crippen LogP contribution in [0, 0.1) is 6.92 Å². The van der Waals surface area contributed by atoms with Crippen LogP contribution in [0.2, 0.25) is 0 Å². The van der Waals surface area contributed by atoms with Gasteiger partial charge in [-0.1, -0.05) is 12.1 Å². The SMILES string of the molecule is CCN(C(=O)Cn1c(=O)n(C[C@@H]2CCCO2)c(=O)c2sc3ncccc3c21)c1cccc(C)c1. The van der Waals surface area contributed by atoms with Crippen molar-refractivity contribution in [2.24, 2.45) is 0 Å². The van der Waals surface area contributed by atoms with E-state index < -0.39 is 5.69 Å². The number of nitrogens with zero attached hydrogens (tertiary/aromatic N) is 4. The first-order valence-corrected chi connectivity index (χ1v) is 12.3. The van der Waals surface area contributed by atoms with Gasteiger partial charge in [0.1, 0.15) is 16.1 Å². The molecule has 1 aliphatic heterocycles. The van der Waals surface area contributed by atoms with E-state index >= 15 is 0 Å². The molecule has 176 valence electrons. The minimum atomic E-state index is -0.495. The lowest BCUT2D eigenvalue weighted by molar-refractivity contribution is -0.119. The van der Waals surface area contributed by atoms with E-state index in [1.54, 1.807) is 17.2 Å². The average Bonchev–Trinajstić information content (AvgIpc) is 3.48. The summed E-state index contributed by atoms with van der Waals surface area (Å²) in [5.74, 6) is -0.220. The first-order chi connectivity index (χ1) is 16.5. The number of ether oxygens (including phenoxy) is 1. The van der Waals surface area contributed by atoms with E-state index in [2.05, 4.69) is 4.98 Å². The maximum atomic E-state index is 13.7. The number of aromatic nitrogens is 3. The van der Waals surface area contributed by atoms with Gasteiger partial charge in [0.2, 0.25) is 5.91 Å². The fourth-order valence-electron chi connectivity index (χ4n) is 4.60. The van der Waals surface area contributed by atoms with Gasteiger partial charge in [0.05, 0.1) is 18.2 Å². The molecule has 34 heavy (non-hydrogen) atoms. The Hall–Kier alpha value is -3.30. The van der Waals surface area contributed by atoms with Crippen LogP contribution in [-0.2, 0) is 22.6 Å². The first kappa shape index (κ1) is 22.5. The summed E-state index contributed by atoms with van der Waals surface area (Å²) in [5.41, 5.74) is 1.45. The minimum absolute atomic E-state index is 0.177. The van der Waals surface area contributed by atoms with Crippen molar-refractivity contribution in [3.8, 4) is 0 Å². The molecule has 1 aromatic carbocycles. The van der Waals surface area contributed by atoms with Gasteiger partial charge in [-0.15, -0.1) is 11.3 Å². The number of hydrogen-bond donors (Lipinski definition) is 0. The van der Waals surface area contributed by atoms with E-state index in [1.165, 1.54) is 20.5 Å². The number of amides is 1. The van der Waals surface area contributed by atoms with Gasteiger partial charge in [0.15, 0.2) is 0 Å². The normalized spacial score (nSPS) is 15.9. The van der Waals surface area contributed by atoms with Crippen molar-refractivity contribution in [2.45, 2.75) is 45.9 Å². The second kappa shape index (κ2) is 9.15. The molecule has 1 saturated heterocycles. The Bertz CT molecular complexity index is 1500. The van der Waals surface area contributed by atoms with Crippen LogP contribution in [0.4, 0.5) is 5.69 Å². The smallest absolute Gasteiger partial charge is 0.332 e. The molecule has 0 unspecified atom stereocenters. The summed E-state index contributed by atoms with van der Waals surface area (Å²) in [4.78, 5) is 47.2. The van der Waals surface area contributed by atoms with Crippen LogP contribution in [0.3, 0.4) is 0 Å². The van der Waals surface area contributed by atoms with Gasteiger partial charge in [-0.05, 0) is 56.5 Å². The summed E-state index contributed by atoms with van der Waals surface area (Å²) in [5, 5.41) is 0.701. The highest BCUT2D eigenvalue weighted by molar-refractivity contribution is 7.25. The van der Waals surface area contributed by atoms with Crippen LogP contribution in [0.15, 0.2) is 52.2 Å².